The smallest absolute Gasteiger partial charge is 0.207 e. The molecule has 0 aliphatic carbocycles. The van der Waals surface area contributed by atoms with Gasteiger partial charge in [-0.1, -0.05) is 66.7 Å². The molecule has 0 saturated carbocycles. The molecule has 0 bridgehead atoms. The number of fused-ring (bicyclic) bond motifs is 5. The van der Waals surface area contributed by atoms with Crippen LogP contribution >= 0.6 is 0 Å². The van der Waals surface area contributed by atoms with E-state index in [1.165, 1.54) is 24.3 Å². The first-order valence-corrected chi connectivity index (χ1v) is 12.5. The van der Waals surface area contributed by atoms with Crippen LogP contribution in [0.15, 0.2) is 113 Å². The van der Waals surface area contributed by atoms with Gasteiger partial charge in [0.1, 0.15) is 5.82 Å². The van der Waals surface area contributed by atoms with Crippen LogP contribution in [-0.2, 0) is 9.84 Å². The van der Waals surface area contributed by atoms with E-state index in [9.17, 15) is 12.8 Å². The van der Waals surface area contributed by atoms with Crippen LogP contribution in [-0.4, -0.2) is 12.8 Å². The van der Waals surface area contributed by atoms with E-state index >= 15 is 0 Å². The molecule has 0 amide bonds. The van der Waals surface area contributed by atoms with E-state index in [0.29, 0.717) is 10.9 Å². The second-order valence-corrected chi connectivity index (χ2v) is 10.3. The van der Waals surface area contributed by atoms with Gasteiger partial charge in [0.15, 0.2) is 0 Å². The Morgan fingerprint density at radius 3 is 1.91 bits per heavy atom. The highest BCUT2D eigenvalue weighted by Crippen LogP contribution is 2.44. The van der Waals surface area contributed by atoms with Crippen molar-refractivity contribution in [2.75, 3.05) is 0 Å². The summed E-state index contributed by atoms with van der Waals surface area (Å²) in [5.74, 6) is -0.476. The number of para-hydroxylation sites is 2. The van der Waals surface area contributed by atoms with E-state index in [1.807, 2.05) is 73.7 Å². The standard InChI is InChI=1S/C29H20FNO2S/c1-19-23-11-5-7-13-25(23)31-26-14-8-6-12-24(26)29(27(28(19)31)20-9-3-2-4-10-20)34(32,33)22-17-15-21(30)16-18-22/h2-18H,1H3. The molecule has 2 heterocycles. The Bertz CT molecular complexity index is 1820. The van der Waals surface area contributed by atoms with E-state index in [1.54, 1.807) is 0 Å². The van der Waals surface area contributed by atoms with Crippen LogP contribution in [0, 0.1) is 12.7 Å². The molecule has 0 radical (unpaired) electrons. The Balaban J connectivity index is 1.91. The zero-order valence-corrected chi connectivity index (χ0v) is 19.2. The number of sulfone groups is 1. The molecular formula is C29H20FNO2S. The van der Waals surface area contributed by atoms with Gasteiger partial charge in [0, 0.05) is 16.3 Å². The maximum atomic E-state index is 14.2. The molecule has 2 aromatic heterocycles. The number of hydrogen-bond donors (Lipinski definition) is 0. The molecule has 3 nitrogen and oxygen atoms in total. The highest BCUT2D eigenvalue weighted by Gasteiger charge is 2.29. The van der Waals surface area contributed by atoms with Crippen molar-refractivity contribution < 1.29 is 12.8 Å². The van der Waals surface area contributed by atoms with Gasteiger partial charge in [-0.3, -0.25) is 0 Å². The van der Waals surface area contributed by atoms with E-state index in [0.717, 1.165) is 33.1 Å². The van der Waals surface area contributed by atoms with Gasteiger partial charge in [0.05, 0.1) is 26.3 Å². The van der Waals surface area contributed by atoms with Crippen LogP contribution in [0.25, 0.3) is 38.4 Å². The average molecular weight is 466 g/mol. The number of rotatable bonds is 3. The second kappa shape index (κ2) is 7.54. The van der Waals surface area contributed by atoms with Crippen molar-refractivity contribution >= 4 is 37.2 Å². The fourth-order valence-corrected chi connectivity index (χ4v) is 6.61. The summed E-state index contributed by atoms with van der Waals surface area (Å²) in [6.45, 7) is 2.03. The molecule has 0 aliphatic rings. The fraction of sp³-hybridized carbons (Fsp3) is 0.0345. The summed E-state index contributed by atoms with van der Waals surface area (Å²) < 4.78 is 44.2. The molecule has 6 rings (SSSR count). The minimum Gasteiger partial charge on any atom is -0.308 e. The number of aryl methyl sites for hydroxylation is 1. The van der Waals surface area contributed by atoms with Crippen molar-refractivity contribution in [3.05, 3.63) is 115 Å². The Hall–Kier alpha value is -3.96. The van der Waals surface area contributed by atoms with E-state index in [2.05, 4.69) is 16.5 Å². The van der Waals surface area contributed by atoms with Crippen LogP contribution in [0.2, 0.25) is 0 Å². The zero-order valence-electron chi connectivity index (χ0n) is 18.4. The van der Waals surface area contributed by atoms with Crippen LogP contribution < -0.4 is 0 Å². The van der Waals surface area contributed by atoms with Crippen molar-refractivity contribution in [3.8, 4) is 11.1 Å². The average Bonchev–Trinajstić information content (AvgIpc) is 3.17. The maximum Gasteiger partial charge on any atom is 0.207 e. The van der Waals surface area contributed by atoms with Crippen LogP contribution in [0.5, 0.6) is 0 Å². The number of benzene rings is 4. The highest BCUT2D eigenvalue weighted by atomic mass is 32.2. The molecule has 5 heteroatoms. The van der Waals surface area contributed by atoms with Crippen molar-refractivity contribution in [2.45, 2.75) is 16.7 Å². The monoisotopic (exact) mass is 465 g/mol. The number of nitrogens with zero attached hydrogens (tertiary/aromatic N) is 1. The Morgan fingerprint density at radius 1 is 0.676 bits per heavy atom. The molecule has 0 atom stereocenters. The molecule has 0 unspecified atom stereocenters. The van der Waals surface area contributed by atoms with Gasteiger partial charge in [-0.2, -0.15) is 0 Å². The van der Waals surface area contributed by atoms with Gasteiger partial charge in [0.25, 0.3) is 0 Å². The van der Waals surface area contributed by atoms with E-state index in [-0.39, 0.29) is 9.79 Å². The summed E-state index contributed by atoms with van der Waals surface area (Å²) in [6, 6.07) is 30.3. The minimum absolute atomic E-state index is 0.0642. The largest absolute Gasteiger partial charge is 0.308 e. The summed E-state index contributed by atoms with van der Waals surface area (Å²) in [5, 5.41) is 1.69. The Labute approximate surface area is 196 Å². The predicted octanol–water partition coefficient (Wildman–Crippen LogP) is 7.19. The van der Waals surface area contributed by atoms with Gasteiger partial charge in [-0.25, -0.2) is 12.8 Å². The maximum absolute atomic E-state index is 14.2. The van der Waals surface area contributed by atoms with Crippen LogP contribution in [0.1, 0.15) is 5.56 Å². The van der Waals surface area contributed by atoms with Crippen LogP contribution in [0.3, 0.4) is 0 Å². The topological polar surface area (TPSA) is 38.5 Å². The summed E-state index contributed by atoms with van der Waals surface area (Å²) in [6.07, 6.45) is 0. The van der Waals surface area contributed by atoms with E-state index < -0.39 is 15.7 Å². The molecule has 0 N–H and O–H groups in total. The van der Waals surface area contributed by atoms with Gasteiger partial charge in [-0.05, 0) is 54.4 Å². The van der Waals surface area contributed by atoms with Crippen molar-refractivity contribution in [2.24, 2.45) is 0 Å². The normalized spacial score (nSPS) is 12.1. The minimum atomic E-state index is -3.99. The molecule has 166 valence electrons. The van der Waals surface area contributed by atoms with Crippen molar-refractivity contribution in [1.29, 1.82) is 0 Å². The lowest BCUT2D eigenvalue weighted by atomic mass is 10.0. The third kappa shape index (κ3) is 2.90. The molecule has 0 aliphatic heterocycles. The lowest BCUT2D eigenvalue weighted by Gasteiger charge is -2.18. The fourth-order valence-electron chi connectivity index (χ4n) is 4.94. The quantitative estimate of drug-likeness (QED) is 0.259. The third-order valence-corrected chi connectivity index (χ3v) is 8.29. The molecule has 6 aromatic rings. The lowest BCUT2D eigenvalue weighted by Crippen LogP contribution is -2.08. The molecule has 4 aromatic carbocycles. The lowest BCUT2D eigenvalue weighted by molar-refractivity contribution is 0.596. The Morgan fingerprint density at radius 2 is 1.24 bits per heavy atom. The zero-order chi connectivity index (χ0) is 23.4. The first-order chi connectivity index (χ1) is 16.5. The SMILES string of the molecule is Cc1c2ccccc2n2c1c(-c1ccccc1)c(S(=O)(=O)c1ccc(F)cc1)c1ccccc12. The first-order valence-electron chi connectivity index (χ1n) is 11.0. The summed E-state index contributed by atoms with van der Waals surface area (Å²) >= 11 is 0. The number of pyridine rings is 1. The molecular weight excluding hydrogens is 445 g/mol. The third-order valence-electron chi connectivity index (χ3n) is 6.44. The molecule has 0 spiro atoms. The Kier molecular flexibility index (Phi) is 4.57. The highest BCUT2D eigenvalue weighted by molar-refractivity contribution is 7.92. The molecule has 34 heavy (non-hydrogen) atoms. The van der Waals surface area contributed by atoms with Crippen LogP contribution in [0.4, 0.5) is 4.39 Å². The van der Waals surface area contributed by atoms with Crippen molar-refractivity contribution in [3.63, 3.8) is 0 Å². The van der Waals surface area contributed by atoms with E-state index in [4.69, 9.17) is 0 Å². The van der Waals surface area contributed by atoms with Gasteiger partial charge < -0.3 is 4.40 Å². The number of halogens is 1. The predicted molar refractivity (Wildman–Crippen MR) is 134 cm³/mol. The summed E-state index contributed by atoms with van der Waals surface area (Å²) in [4.78, 5) is 0.300. The first kappa shape index (κ1) is 20.6. The number of aromatic nitrogens is 1. The van der Waals surface area contributed by atoms with Gasteiger partial charge in [0.2, 0.25) is 9.84 Å². The molecule has 0 fully saturated rings. The summed E-state index contributed by atoms with van der Waals surface area (Å²) in [5.41, 5.74) is 5.15. The van der Waals surface area contributed by atoms with Gasteiger partial charge >= 0.3 is 0 Å². The second-order valence-electron chi connectivity index (χ2n) is 8.37. The summed E-state index contributed by atoms with van der Waals surface area (Å²) in [7, 11) is -3.99. The van der Waals surface area contributed by atoms with Gasteiger partial charge in [-0.15, -0.1) is 0 Å². The number of hydrogen-bond acceptors (Lipinski definition) is 2. The molecule has 0 saturated heterocycles. The van der Waals surface area contributed by atoms with Crippen molar-refractivity contribution in [1.82, 2.24) is 4.40 Å².